The van der Waals surface area contributed by atoms with Crippen LogP contribution >= 0.6 is 11.6 Å². The average molecular weight is 427 g/mol. The molecule has 2 aromatic carbocycles. The molecule has 156 valence electrons. The summed E-state index contributed by atoms with van der Waals surface area (Å²) in [5.74, 6) is -0.528. The Bertz CT molecular complexity index is 986. The largest absolute Gasteiger partial charge is 0.458 e. The maximum absolute atomic E-state index is 12.7. The van der Waals surface area contributed by atoms with Crippen molar-refractivity contribution in [1.82, 2.24) is 10.3 Å². The number of carbonyl (C=O) groups excluding carboxylic acids is 2. The van der Waals surface area contributed by atoms with Crippen LogP contribution in [0.3, 0.4) is 0 Å². The molecule has 1 aromatic heterocycles. The van der Waals surface area contributed by atoms with Crippen molar-refractivity contribution in [1.29, 1.82) is 0 Å². The van der Waals surface area contributed by atoms with Crippen molar-refractivity contribution in [3.63, 3.8) is 0 Å². The molecule has 7 heteroatoms. The van der Waals surface area contributed by atoms with Crippen molar-refractivity contribution in [3.8, 4) is 11.5 Å². The van der Waals surface area contributed by atoms with Gasteiger partial charge in [-0.05, 0) is 42.3 Å². The first-order chi connectivity index (χ1) is 14.5. The summed E-state index contributed by atoms with van der Waals surface area (Å²) in [5, 5.41) is 3.30. The van der Waals surface area contributed by atoms with Crippen LogP contribution in [-0.2, 0) is 16.1 Å². The monoisotopic (exact) mass is 426 g/mol. The van der Waals surface area contributed by atoms with E-state index < -0.39 is 12.0 Å². The molecule has 0 aliphatic heterocycles. The van der Waals surface area contributed by atoms with Crippen LogP contribution in [0.15, 0.2) is 65.3 Å². The standard InChI is InChI=1S/C23H23ClN2O4/c1-3-15(2)20(26-21(27)16-9-11-18(24)12-10-16)23(28)30-14-19-13-29-22(25-19)17-7-5-4-6-8-17/h4-13,15,20H,3,14H2,1-2H3,(H,26,27)/t15-,20-/m0/s1. The number of nitrogens with zero attached hydrogens (tertiary/aromatic N) is 1. The van der Waals surface area contributed by atoms with E-state index in [2.05, 4.69) is 10.3 Å². The highest BCUT2D eigenvalue weighted by Gasteiger charge is 2.28. The average Bonchev–Trinajstić information content (AvgIpc) is 3.25. The van der Waals surface area contributed by atoms with E-state index in [0.29, 0.717) is 28.6 Å². The van der Waals surface area contributed by atoms with Gasteiger partial charge >= 0.3 is 5.97 Å². The molecule has 0 spiro atoms. The van der Waals surface area contributed by atoms with Gasteiger partial charge < -0.3 is 14.5 Å². The highest BCUT2D eigenvalue weighted by molar-refractivity contribution is 6.30. The number of hydrogen-bond donors (Lipinski definition) is 1. The first kappa shape index (κ1) is 21.6. The second-order valence-corrected chi connectivity index (χ2v) is 7.40. The number of halogens is 1. The first-order valence-corrected chi connectivity index (χ1v) is 10.1. The number of hydrogen-bond acceptors (Lipinski definition) is 5. The van der Waals surface area contributed by atoms with Crippen molar-refractivity contribution < 1.29 is 18.7 Å². The number of nitrogens with one attached hydrogen (secondary N) is 1. The van der Waals surface area contributed by atoms with E-state index in [1.54, 1.807) is 24.3 Å². The van der Waals surface area contributed by atoms with Gasteiger partial charge in [0.05, 0.1) is 0 Å². The van der Waals surface area contributed by atoms with Crippen LogP contribution in [0.5, 0.6) is 0 Å². The van der Waals surface area contributed by atoms with Gasteiger partial charge in [0.15, 0.2) is 0 Å². The molecule has 2 atom stereocenters. The van der Waals surface area contributed by atoms with Crippen LogP contribution in [0.2, 0.25) is 5.02 Å². The van der Waals surface area contributed by atoms with Crippen LogP contribution in [0.25, 0.3) is 11.5 Å². The van der Waals surface area contributed by atoms with Gasteiger partial charge in [-0.25, -0.2) is 9.78 Å². The topological polar surface area (TPSA) is 81.4 Å². The van der Waals surface area contributed by atoms with Gasteiger partial charge in [-0.2, -0.15) is 0 Å². The number of aromatic nitrogens is 1. The van der Waals surface area contributed by atoms with E-state index in [1.165, 1.54) is 6.26 Å². The zero-order valence-corrected chi connectivity index (χ0v) is 17.6. The van der Waals surface area contributed by atoms with Gasteiger partial charge in [-0.15, -0.1) is 0 Å². The van der Waals surface area contributed by atoms with Crippen LogP contribution in [0.4, 0.5) is 0 Å². The minimum Gasteiger partial charge on any atom is -0.458 e. The summed E-state index contributed by atoms with van der Waals surface area (Å²) in [6.45, 7) is 3.79. The minimum absolute atomic E-state index is 0.0427. The van der Waals surface area contributed by atoms with E-state index in [9.17, 15) is 9.59 Å². The Morgan fingerprint density at radius 2 is 1.83 bits per heavy atom. The molecular weight excluding hydrogens is 404 g/mol. The molecule has 0 saturated carbocycles. The lowest BCUT2D eigenvalue weighted by atomic mass is 9.99. The van der Waals surface area contributed by atoms with E-state index in [0.717, 1.165) is 5.56 Å². The lowest BCUT2D eigenvalue weighted by molar-refractivity contribution is -0.148. The molecule has 0 fully saturated rings. The molecule has 0 saturated heterocycles. The highest BCUT2D eigenvalue weighted by atomic mass is 35.5. The van der Waals surface area contributed by atoms with E-state index in [-0.39, 0.29) is 18.4 Å². The van der Waals surface area contributed by atoms with Crippen LogP contribution in [-0.4, -0.2) is 22.9 Å². The third-order valence-electron chi connectivity index (χ3n) is 4.79. The smallest absolute Gasteiger partial charge is 0.329 e. The highest BCUT2D eigenvalue weighted by Crippen LogP contribution is 2.19. The van der Waals surface area contributed by atoms with Gasteiger partial charge in [0.2, 0.25) is 5.89 Å². The van der Waals surface area contributed by atoms with Crippen LogP contribution in [0, 0.1) is 5.92 Å². The number of esters is 1. The third kappa shape index (κ3) is 5.48. The number of amides is 1. The summed E-state index contributed by atoms with van der Waals surface area (Å²) >= 11 is 5.87. The fourth-order valence-corrected chi connectivity index (χ4v) is 2.94. The normalized spacial score (nSPS) is 12.8. The van der Waals surface area contributed by atoms with Gasteiger partial charge in [0.25, 0.3) is 5.91 Å². The molecule has 3 rings (SSSR count). The third-order valence-corrected chi connectivity index (χ3v) is 5.05. The predicted molar refractivity (Wildman–Crippen MR) is 114 cm³/mol. The fraction of sp³-hybridized carbons (Fsp3) is 0.261. The Balaban J connectivity index is 1.63. The molecule has 0 bridgehead atoms. The van der Waals surface area contributed by atoms with Gasteiger partial charge in [-0.1, -0.05) is 50.1 Å². The summed E-state index contributed by atoms with van der Waals surface area (Å²) in [6.07, 6.45) is 2.16. The van der Waals surface area contributed by atoms with Crippen molar-refractivity contribution >= 4 is 23.5 Å². The molecule has 30 heavy (non-hydrogen) atoms. The van der Waals surface area contributed by atoms with Crippen LogP contribution in [0.1, 0.15) is 36.3 Å². The number of rotatable bonds is 8. The Hall–Kier alpha value is -3.12. The van der Waals surface area contributed by atoms with Gasteiger partial charge in [-0.3, -0.25) is 4.79 Å². The number of oxazole rings is 1. The minimum atomic E-state index is -0.779. The molecule has 1 amide bonds. The fourth-order valence-electron chi connectivity index (χ4n) is 2.82. The molecular formula is C23H23ClN2O4. The summed E-state index contributed by atoms with van der Waals surface area (Å²) in [5.41, 5.74) is 1.75. The lowest BCUT2D eigenvalue weighted by Crippen LogP contribution is -2.46. The van der Waals surface area contributed by atoms with Crippen LogP contribution < -0.4 is 5.32 Å². The number of benzene rings is 2. The first-order valence-electron chi connectivity index (χ1n) is 9.70. The summed E-state index contributed by atoms with van der Waals surface area (Å²) in [7, 11) is 0. The molecule has 6 nitrogen and oxygen atoms in total. The summed E-state index contributed by atoms with van der Waals surface area (Å²) < 4.78 is 10.9. The Morgan fingerprint density at radius 3 is 2.50 bits per heavy atom. The van der Waals surface area contributed by atoms with Gasteiger partial charge in [0.1, 0.15) is 24.6 Å². The summed E-state index contributed by atoms with van der Waals surface area (Å²) in [4.78, 5) is 29.6. The summed E-state index contributed by atoms with van der Waals surface area (Å²) in [6, 6.07) is 15.1. The molecule has 0 radical (unpaired) electrons. The molecule has 0 unspecified atom stereocenters. The van der Waals surface area contributed by atoms with Gasteiger partial charge in [0, 0.05) is 16.1 Å². The quantitative estimate of drug-likeness (QED) is 0.519. The zero-order chi connectivity index (χ0) is 21.5. The van der Waals surface area contributed by atoms with E-state index >= 15 is 0 Å². The van der Waals surface area contributed by atoms with E-state index in [1.807, 2.05) is 44.2 Å². The van der Waals surface area contributed by atoms with Crippen molar-refractivity contribution in [2.24, 2.45) is 5.92 Å². The second kappa shape index (κ2) is 10.1. The van der Waals surface area contributed by atoms with Crippen molar-refractivity contribution in [2.75, 3.05) is 0 Å². The molecule has 1 heterocycles. The van der Waals surface area contributed by atoms with Crippen molar-refractivity contribution in [2.45, 2.75) is 32.9 Å². The maximum atomic E-state index is 12.7. The Kier molecular flexibility index (Phi) is 7.25. The molecule has 1 N–H and O–H groups in total. The van der Waals surface area contributed by atoms with E-state index in [4.69, 9.17) is 20.8 Å². The second-order valence-electron chi connectivity index (χ2n) is 6.96. The Morgan fingerprint density at radius 1 is 1.13 bits per heavy atom. The molecule has 0 aliphatic rings. The predicted octanol–water partition coefficient (Wildman–Crippen LogP) is 4.88. The Labute approximate surface area is 180 Å². The molecule has 3 aromatic rings. The van der Waals surface area contributed by atoms with Crippen molar-refractivity contribution in [3.05, 3.63) is 77.1 Å². The number of ether oxygens (including phenoxy) is 1. The maximum Gasteiger partial charge on any atom is 0.329 e. The lowest BCUT2D eigenvalue weighted by Gasteiger charge is -2.22. The SMILES string of the molecule is CC[C@H](C)[C@H](NC(=O)c1ccc(Cl)cc1)C(=O)OCc1coc(-c2ccccc2)n1. The molecule has 0 aliphatic carbocycles. The number of carbonyl (C=O) groups is 2. The zero-order valence-electron chi connectivity index (χ0n) is 16.8.